The summed E-state index contributed by atoms with van der Waals surface area (Å²) in [6.07, 6.45) is 11.4. The summed E-state index contributed by atoms with van der Waals surface area (Å²) >= 11 is 0. The van der Waals surface area contributed by atoms with Crippen molar-refractivity contribution >= 4 is 11.7 Å². The van der Waals surface area contributed by atoms with Crippen molar-refractivity contribution in [1.82, 2.24) is 14.9 Å². The summed E-state index contributed by atoms with van der Waals surface area (Å²) in [6.45, 7) is 8.66. The fourth-order valence-electron chi connectivity index (χ4n) is 6.68. The number of nitrogens with zero attached hydrogens (tertiary/aromatic N) is 4. The van der Waals surface area contributed by atoms with Crippen molar-refractivity contribution in [2.75, 3.05) is 18.0 Å². The first kappa shape index (κ1) is 18.5. The molecule has 0 radical (unpaired) electrons. The van der Waals surface area contributed by atoms with E-state index in [4.69, 9.17) is 9.97 Å². The van der Waals surface area contributed by atoms with E-state index in [0.29, 0.717) is 47.6 Å². The quantitative estimate of drug-likeness (QED) is 0.796. The van der Waals surface area contributed by atoms with E-state index >= 15 is 0 Å². The zero-order valence-corrected chi connectivity index (χ0v) is 17.6. The molecule has 5 aliphatic rings. The van der Waals surface area contributed by atoms with Gasteiger partial charge < -0.3 is 4.90 Å². The third-order valence-corrected chi connectivity index (χ3v) is 8.24. The van der Waals surface area contributed by atoms with Crippen LogP contribution in [-0.4, -0.2) is 51.9 Å². The molecular formula is C23H34N4O. The average molecular weight is 383 g/mol. The summed E-state index contributed by atoms with van der Waals surface area (Å²) in [7, 11) is 0. The molecule has 6 rings (SSSR count). The normalized spacial score (nSPS) is 37.6. The van der Waals surface area contributed by atoms with Gasteiger partial charge in [-0.05, 0) is 82.6 Å². The third-order valence-electron chi connectivity index (χ3n) is 8.24. The van der Waals surface area contributed by atoms with Gasteiger partial charge in [0.15, 0.2) is 0 Å². The van der Waals surface area contributed by atoms with E-state index in [-0.39, 0.29) is 0 Å². The van der Waals surface area contributed by atoms with Crippen LogP contribution in [0.15, 0.2) is 12.4 Å². The molecule has 2 aliphatic heterocycles. The smallest absolute Gasteiger partial charge is 0.225 e. The monoisotopic (exact) mass is 382 g/mol. The highest BCUT2D eigenvalue weighted by molar-refractivity contribution is 5.79. The molecule has 4 unspecified atom stereocenters. The van der Waals surface area contributed by atoms with Crippen molar-refractivity contribution in [1.29, 1.82) is 0 Å². The van der Waals surface area contributed by atoms with E-state index in [1.165, 1.54) is 31.2 Å². The van der Waals surface area contributed by atoms with E-state index in [9.17, 15) is 4.79 Å². The number of aromatic nitrogens is 2. The Balaban J connectivity index is 1.30. The number of fused-ring (bicyclic) bond motifs is 5. The Morgan fingerprint density at radius 3 is 2.18 bits per heavy atom. The van der Waals surface area contributed by atoms with Gasteiger partial charge in [0.05, 0.1) is 0 Å². The first-order valence-electron chi connectivity index (χ1n) is 11.4. The van der Waals surface area contributed by atoms with Crippen LogP contribution < -0.4 is 4.90 Å². The Morgan fingerprint density at radius 1 is 1.00 bits per heavy atom. The van der Waals surface area contributed by atoms with Crippen molar-refractivity contribution < 1.29 is 4.79 Å². The fraction of sp³-hybridized carbons (Fsp3) is 0.783. The minimum absolute atomic E-state index is 0.308. The number of rotatable bonds is 4. The summed E-state index contributed by atoms with van der Waals surface area (Å²) < 4.78 is 0. The Hall–Kier alpha value is -1.49. The second-order valence-electron chi connectivity index (χ2n) is 10.0. The number of carbonyl (C=O) groups excluding carboxylic acids is 1. The highest BCUT2D eigenvalue weighted by Crippen LogP contribution is 2.52. The summed E-state index contributed by atoms with van der Waals surface area (Å²) in [6, 6.07) is 1.75. The van der Waals surface area contributed by atoms with Gasteiger partial charge in [0.1, 0.15) is 5.78 Å². The van der Waals surface area contributed by atoms with Crippen LogP contribution in [-0.2, 0) is 4.79 Å². The molecule has 5 fully saturated rings. The molecule has 0 aromatic carbocycles. The van der Waals surface area contributed by atoms with E-state index in [2.05, 4.69) is 36.0 Å². The number of hydrogen-bond donors (Lipinski definition) is 0. The largest absolute Gasteiger partial charge is 0.332 e. The zero-order chi connectivity index (χ0) is 19.4. The van der Waals surface area contributed by atoms with E-state index in [1.807, 2.05) is 0 Å². The molecule has 6 atom stereocenters. The number of Topliss-reactive ketones (excluding diaryl/α,β-unsaturated/α-hetero) is 1. The predicted molar refractivity (Wildman–Crippen MR) is 110 cm³/mol. The first-order chi connectivity index (χ1) is 13.5. The van der Waals surface area contributed by atoms with Gasteiger partial charge in [-0.1, -0.05) is 0 Å². The molecule has 4 bridgehead atoms. The minimum Gasteiger partial charge on any atom is -0.332 e. The predicted octanol–water partition coefficient (Wildman–Crippen LogP) is 3.65. The molecule has 1 aromatic heterocycles. The SMILES string of the molecule is CC(=O)[C@H]1CC2CCC1C[C@@H]2c1cnc(N2C3CCC2CN(C(C)C)C3)nc1. The van der Waals surface area contributed by atoms with Crippen molar-refractivity contribution in [2.24, 2.45) is 17.8 Å². The maximum Gasteiger partial charge on any atom is 0.225 e. The number of hydrogen-bond acceptors (Lipinski definition) is 5. The molecular weight excluding hydrogens is 348 g/mol. The Kier molecular flexibility index (Phi) is 4.69. The second kappa shape index (κ2) is 7.08. The fourth-order valence-corrected chi connectivity index (χ4v) is 6.68. The van der Waals surface area contributed by atoms with Crippen LogP contribution in [0.1, 0.15) is 70.8 Å². The lowest BCUT2D eigenvalue weighted by Gasteiger charge is -2.46. The van der Waals surface area contributed by atoms with Gasteiger partial charge in [-0.25, -0.2) is 9.97 Å². The standard InChI is InChI=1S/C23H34N4O/c1-14(2)26-12-19-6-7-20(13-26)27(19)23-24-10-18(11-25-23)22-9-16-4-5-17(22)8-21(16)15(3)28/h10-11,14,16-17,19-22H,4-9,12-13H2,1-3H3/t16?,17?,19?,20?,21-,22+/m1/s1. The van der Waals surface area contributed by atoms with Gasteiger partial charge in [-0.3, -0.25) is 9.69 Å². The molecule has 3 aliphatic carbocycles. The van der Waals surface area contributed by atoms with Gasteiger partial charge in [0.2, 0.25) is 5.95 Å². The maximum absolute atomic E-state index is 12.0. The van der Waals surface area contributed by atoms with Crippen molar-refractivity contribution in [3.63, 3.8) is 0 Å². The first-order valence-corrected chi connectivity index (χ1v) is 11.4. The summed E-state index contributed by atoms with van der Waals surface area (Å²) in [5.74, 6) is 3.41. The van der Waals surface area contributed by atoms with Gasteiger partial charge in [0.25, 0.3) is 0 Å². The summed E-state index contributed by atoms with van der Waals surface area (Å²) in [5.41, 5.74) is 1.30. The number of anilines is 1. The molecule has 1 aromatic rings. The molecule has 0 N–H and O–H groups in total. The van der Waals surface area contributed by atoms with Crippen LogP contribution in [0.2, 0.25) is 0 Å². The Bertz CT molecular complexity index is 719. The van der Waals surface area contributed by atoms with Gasteiger partial charge in [-0.2, -0.15) is 0 Å². The van der Waals surface area contributed by atoms with Crippen LogP contribution >= 0.6 is 0 Å². The lowest BCUT2D eigenvalue weighted by atomic mass is 9.58. The number of likely N-dealkylation sites (tertiary alicyclic amines) is 1. The number of piperazine rings is 1. The maximum atomic E-state index is 12.0. The lowest BCUT2D eigenvalue weighted by Crippen LogP contribution is -2.56. The zero-order valence-electron chi connectivity index (χ0n) is 17.6. The lowest BCUT2D eigenvalue weighted by molar-refractivity contribution is -0.126. The van der Waals surface area contributed by atoms with Gasteiger partial charge in [-0.15, -0.1) is 0 Å². The van der Waals surface area contributed by atoms with Crippen molar-refractivity contribution in [3.05, 3.63) is 18.0 Å². The van der Waals surface area contributed by atoms with Gasteiger partial charge in [0, 0.05) is 49.5 Å². The Morgan fingerprint density at radius 2 is 1.64 bits per heavy atom. The Labute approximate surface area is 168 Å². The van der Waals surface area contributed by atoms with Crippen LogP contribution in [0, 0.1) is 17.8 Å². The van der Waals surface area contributed by atoms with E-state index in [0.717, 1.165) is 31.9 Å². The second-order valence-corrected chi connectivity index (χ2v) is 10.0. The summed E-state index contributed by atoms with van der Waals surface area (Å²) in [5, 5.41) is 0. The van der Waals surface area contributed by atoms with E-state index < -0.39 is 0 Å². The third kappa shape index (κ3) is 3.06. The van der Waals surface area contributed by atoms with E-state index in [1.54, 1.807) is 6.92 Å². The highest BCUT2D eigenvalue weighted by Gasteiger charge is 2.45. The molecule has 0 spiro atoms. The van der Waals surface area contributed by atoms with Crippen LogP contribution in [0.4, 0.5) is 5.95 Å². The molecule has 5 heteroatoms. The molecule has 0 amide bonds. The average Bonchev–Trinajstić information content (AvgIpc) is 2.97. The van der Waals surface area contributed by atoms with Crippen molar-refractivity contribution in [3.8, 4) is 0 Å². The topological polar surface area (TPSA) is 49.3 Å². The van der Waals surface area contributed by atoms with Crippen LogP contribution in [0.3, 0.4) is 0 Å². The van der Waals surface area contributed by atoms with Gasteiger partial charge >= 0.3 is 0 Å². The molecule has 3 heterocycles. The minimum atomic E-state index is 0.308. The molecule has 5 nitrogen and oxygen atoms in total. The number of carbonyl (C=O) groups is 1. The molecule has 152 valence electrons. The highest BCUT2D eigenvalue weighted by atomic mass is 16.1. The summed E-state index contributed by atoms with van der Waals surface area (Å²) in [4.78, 5) is 26.8. The van der Waals surface area contributed by atoms with Crippen molar-refractivity contribution in [2.45, 2.75) is 83.3 Å². The molecule has 28 heavy (non-hydrogen) atoms. The van der Waals surface area contributed by atoms with Crippen LogP contribution in [0.5, 0.6) is 0 Å². The molecule has 3 saturated carbocycles. The van der Waals surface area contributed by atoms with Crippen LogP contribution in [0.25, 0.3) is 0 Å². The number of ketones is 1. The molecule has 2 saturated heterocycles.